The van der Waals surface area contributed by atoms with Crippen molar-refractivity contribution in [3.63, 3.8) is 0 Å². The molecule has 0 saturated carbocycles. The van der Waals surface area contributed by atoms with E-state index >= 15 is 0 Å². The summed E-state index contributed by atoms with van der Waals surface area (Å²) in [6, 6.07) is 81.3. The summed E-state index contributed by atoms with van der Waals surface area (Å²) >= 11 is 1.81. The Labute approximate surface area is 378 Å². The summed E-state index contributed by atoms with van der Waals surface area (Å²) in [5, 5.41) is 7.28. The number of hydrogen-bond acceptors (Lipinski definition) is 3. The minimum atomic E-state index is 0.876. The number of fused-ring (bicyclic) bond motifs is 11. The monoisotopic (exact) mass is 847 g/mol. The molecular formula is C59H37N5S. The topological polar surface area (TPSA) is 30.9 Å². The lowest BCUT2D eigenvalue weighted by Gasteiger charge is -2.32. The average Bonchev–Trinajstić information content (AvgIpc) is 4.00. The van der Waals surface area contributed by atoms with Crippen molar-refractivity contribution in [2.24, 2.45) is 0 Å². The van der Waals surface area contributed by atoms with Crippen LogP contribution in [0.5, 0.6) is 0 Å². The predicted molar refractivity (Wildman–Crippen MR) is 271 cm³/mol. The highest BCUT2D eigenvalue weighted by Crippen LogP contribution is 2.51. The largest absolute Gasteiger partial charge is 0.309 e. The SMILES string of the molecule is c1ccc(-n2c3ccccc3c3cc(-c4cccc(-n5c6ccccc6c6cc7c(cc65)c5ccccc5n7-c5cccc(N6c7ccccc7Sc7ccccc76)n5)c4)ccc32)cc1. The molecule has 0 amide bonds. The molecule has 0 saturated heterocycles. The Morgan fingerprint density at radius 3 is 1.45 bits per heavy atom. The molecule has 0 bridgehead atoms. The summed E-state index contributed by atoms with van der Waals surface area (Å²) in [7, 11) is 0. The number of pyridine rings is 1. The molecule has 304 valence electrons. The lowest BCUT2D eigenvalue weighted by atomic mass is 10.0. The van der Waals surface area contributed by atoms with E-state index in [1.54, 1.807) is 0 Å². The van der Waals surface area contributed by atoms with E-state index in [9.17, 15) is 0 Å². The van der Waals surface area contributed by atoms with E-state index in [2.05, 4.69) is 243 Å². The number of anilines is 3. The number of rotatable bonds is 5. The smallest absolute Gasteiger partial charge is 0.140 e. The van der Waals surface area contributed by atoms with E-state index in [0.717, 1.165) is 45.4 Å². The minimum Gasteiger partial charge on any atom is -0.309 e. The summed E-state index contributed by atoms with van der Waals surface area (Å²) in [5.74, 6) is 1.76. The second-order valence-corrected chi connectivity index (χ2v) is 17.9. The van der Waals surface area contributed by atoms with Gasteiger partial charge in [-0.15, -0.1) is 0 Å². The zero-order valence-corrected chi connectivity index (χ0v) is 35.8. The van der Waals surface area contributed by atoms with Gasteiger partial charge < -0.3 is 9.13 Å². The first-order chi connectivity index (χ1) is 32.2. The van der Waals surface area contributed by atoms with Crippen LogP contribution in [0.1, 0.15) is 0 Å². The molecule has 6 heteroatoms. The lowest BCUT2D eigenvalue weighted by Crippen LogP contribution is -2.16. The van der Waals surface area contributed by atoms with Crippen molar-refractivity contribution in [3.8, 4) is 28.3 Å². The van der Waals surface area contributed by atoms with Crippen molar-refractivity contribution in [2.75, 3.05) is 4.90 Å². The normalized spacial score (nSPS) is 12.5. The summed E-state index contributed by atoms with van der Waals surface area (Å²) in [5.41, 5.74) is 13.9. The molecule has 5 heterocycles. The molecular weight excluding hydrogens is 811 g/mol. The van der Waals surface area contributed by atoms with Crippen LogP contribution in [-0.4, -0.2) is 18.7 Å². The number of benzene rings is 9. The standard InChI is InChI=1S/C59H37N5S/c1-2-17-40(18-3-1)61-48-23-7-4-20-42(48)45-35-39(32-33-51(45)61)38-16-14-19-41(34-38)62-49-24-8-5-21-43(49)46-37-55-47(36-54(46)62)44-22-6-9-25-50(44)63(55)58-30-15-31-59(60-58)64-52-26-10-12-28-56(52)65-57-29-13-11-27-53(57)64/h1-37H. The van der Waals surface area contributed by atoms with Gasteiger partial charge in [-0.05, 0) is 114 Å². The van der Waals surface area contributed by atoms with Crippen molar-refractivity contribution >= 4 is 94.4 Å². The number of para-hydroxylation sites is 6. The predicted octanol–water partition coefficient (Wildman–Crippen LogP) is 16.0. The highest BCUT2D eigenvalue weighted by Gasteiger charge is 2.26. The van der Waals surface area contributed by atoms with E-state index in [4.69, 9.17) is 4.98 Å². The fraction of sp³-hybridized carbons (Fsp3) is 0. The van der Waals surface area contributed by atoms with Gasteiger partial charge in [-0.3, -0.25) is 9.47 Å². The van der Waals surface area contributed by atoms with Gasteiger partial charge in [-0.25, -0.2) is 4.98 Å². The van der Waals surface area contributed by atoms with Gasteiger partial charge >= 0.3 is 0 Å². The maximum absolute atomic E-state index is 5.50. The molecule has 0 aliphatic carbocycles. The maximum atomic E-state index is 5.50. The summed E-state index contributed by atoms with van der Waals surface area (Å²) < 4.78 is 7.17. The van der Waals surface area contributed by atoms with Crippen LogP contribution >= 0.6 is 11.8 Å². The van der Waals surface area contributed by atoms with Crippen molar-refractivity contribution in [3.05, 3.63) is 224 Å². The molecule has 0 atom stereocenters. The van der Waals surface area contributed by atoms with Gasteiger partial charge in [0, 0.05) is 53.5 Å². The average molecular weight is 848 g/mol. The molecule has 0 spiro atoms. The first kappa shape index (κ1) is 36.2. The highest BCUT2D eigenvalue weighted by molar-refractivity contribution is 7.99. The lowest BCUT2D eigenvalue weighted by molar-refractivity contribution is 1.04. The Bertz CT molecular complexity index is 4020. The number of nitrogens with zero attached hydrogens (tertiary/aromatic N) is 5. The second-order valence-electron chi connectivity index (χ2n) is 16.8. The third-order valence-corrected chi connectivity index (χ3v) is 14.3. The van der Waals surface area contributed by atoms with E-state index in [-0.39, 0.29) is 0 Å². The molecule has 5 nitrogen and oxygen atoms in total. The molecule has 9 aromatic carbocycles. The zero-order valence-electron chi connectivity index (χ0n) is 35.0. The van der Waals surface area contributed by atoms with E-state index in [0.29, 0.717) is 0 Å². The molecule has 1 aliphatic heterocycles. The van der Waals surface area contributed by atoms with Gasteiger partial charge in [0.15, 0.2) is 0 Å². The fourth-order valence-electron chi connectivity index (χ4n) is 10.4. The Morgan fingerprint density at radius 1 is 0.292 bits per heavy atom. The van der Waals surface area contributed by atoms with E-state index in [1.165, 1.54) is 75.3 Å². The molecule has 0 N–H and O–H groups in total. The molecule has 65 heavy (non-hydrogen) atoms. The van der Waals surface area contributed by atoms with Crippen LogP contribution in [0.15, 0.2) is 234 Å². The van der Waals surface area contributed by atoms with Gasteiger partial charge in [-0.2, -0.15) is 0 Å². The van der Waals surface area contributed by atoms with Crippen molar-refractivity contribution in [1.29, 1.82) is 0 Å². The van der Waals surface area contributed by atoms with Crippen LogP contribution in [0.4, 0.5) is 17.2 Å². The summed E-state index contributed by atoms with van der Waals surface area (Å²) in [4.78, 5) is 10.2. The van der Waals surface area contributed by atoms with Crippen LogP contribution in [0.25, 0.3) is 93.7 Å². The molecule has 0 fully saturated rings. The van der Waals surface area contributed by atoms with Crippen LogP contribution in [0, 0.1) is 0 Å². The quantitative estimate of drug-likeness (QED) is 0.173. The van der Waals surface area contributed by atoms with Crippen LogP contribution in [0.3, 0.4) is 0 Å². The third kappa shape index (κ3) is 5.44. The van der Waals surface area contributed by atoms with Gasteiger partial charge in [0.1, 0.15) is 11.6 Å². The summed E-state index contributed by atoms with van der Waals surface area (Å²) in [6.45, 7) is 0. The van der Waals surface area contributed by atoms with Crippen LogP contribution in [-0.2, 0) is 0 Å². The Hall–Kier alpha value is -8.32. The van der Waals surface area contributed by atoms with Gasteiger partial charge in [0.05, 0.1) is 44.5 Å². The highest BCUT2D eigenvalue weighted by atomic mass is 32.2. The zero-order chi connectivity index (χ0) is 42.6. The van der Waals surface area contributed by atoms with E-state index < -0.39 is 0 Å². The minimum absolute atomic E-state index is 0.876. The van der Waals surface area contributed by atoms with Crippen LogP contribution in [0.2, 0.25) is 0 Å². The van der Waals surface area contributed by atoms with E-state index in [1.807, 2.05) is 11.8 Å². The molecule has 0 radical (unpaired) electrons. The van der Waals surface area contributed by atoms with Crippen molar-refractivity contribution in [2.45, 2.75) is 9.79 Å². The first-order valence-corrected chi connectivity index (χ1v) is 22.9. The number of hydrogen-bond donors (Lipinski definition) is 0. The maximum Gasteiger partial charge on any atom is 0.140 e. The first-order valence-electron chi connectivity index (χ1n) is 22.0. The van der Waals surface area contributed by atoms with Gasteiger partial charge in [0.25, 0.3) is 0 Å². The van der Waals surface area contributed by atoms with Gasteiger partial charge in [0.2, 0.25) is 0 Å². The van der Waals surface area contributed by atoms with Crippen molar-refractivity contribution < 1.29 is 0 Å². The van der Waals surface area contributed by atoms with Crippen molar-refractivity contribution in [1.82, 2.24) is 18.7 Å². The van der Waals surface area contributed by atoms with Crippen LogP contribution < -0.4 is 4.90 Å². The molecule has 13 aromatic rings. The van der Waals surface area contributed by atoms with Gasteiger partial charge in [-0.1, -0.05) is 133 Å². The summed E-state index contributed by atoms with van der Waals surface area (Å²) in [6.07, 6.45) is 0. The molecule has 0 unspecified atom stereocenters. The number of aromatic nitrogens is 4. The Kier molecular flexibility index (Phi) is 7.85. The molecule has 14 rings (SSSR count). The third-order valence-electron chi connectivity index (χ3n) is 13.2. The Balaban J connectivity index is 0.942. The second kappa shape index (κ2) is 14.1. The Morgan fingerprint density at radius 2 is 0.769 bits per heavy atom. The fourth-order valence-corrected chi connectivity index (χ4v) is 11.5. The molecule has 1 aliphatic rings. The molecule has 4 aromatic heterocycles.